The van der Waals surface area contributed by atoms with Crippen molar-refractivity contribution in [3.05, 3.63) is 67.9 Å². The van der Waals surface area contributed by atoms with Crippen LogP contribution in [0.15, 0.2) is 40.9 Å². The number of benzene rings is 2. The Hall–Kier alpha value is -3.14. The van der Waals surface area contributed by atoms with Crippen molar-refractivity contribution in [2.24, 2.45) is 0 Å². The van der Waals surface area contributed by atoms with Gasteiger partial charge in [0, 0.05) is 23.5 Å². The zero-order chi connectivity index (χ0) is 19.7. The second-order valence-corrected chi connectivity index (χ2v) is 6.56. The Morgan fingerprint density at radius 3 is 2.63 bits per heavy atom. The van der Waals surface area contributed by atoms with Crippen molar-refractivity contribution in [2.75, 3.05) is 11.9 Å². The number of hydrogen-bond acceptors (Lipinski definition) is 5. The second-order valence-electron chi connectivity index (χ2n) is 5.64. The van der Waals surface area contributed by atoms with Crippen LogP contribution < -0.4 is 5.32 Å². The quantitative estimate of drug-likeness (QED) is 0.440. The Kier molecular flexibility index (Phi) is 5.00. The normalized spacial score (nSPS) is 12.9. The van der Waals surface area contributed by atoms with E-state index in [1.54, 1.807) is 6.07 Å². The molecule has 27 heavy (non-hydrogen) atoms. The number of carbonyl (C=O) groups excluding carboxylic acids is 3. The number of carbonyl (C=O) groups is 3. The smallest absolute Gasteiger partial charge is 0.282 e. The molecule has 10 heteroatoms. The van der Waals surface area contributed by atoms with E-state index in [0.717, 1.165) is 11.0 Å². The lowest BCUT2D eigenvalue weighted by atomic mass is 10.1. The first-order chi connectivity index (χ1) is 12.8. The van der Waals surface area contributed by atoms with E-state index in [0.29, 0.717) is 4.47 Å². The van der Waals surface area contributed by atoms with Gasteiger partial charge in [0.1, 0.15) is 11.4 Å². The molecule has 2 aromatic rings. The first-order valence-corrected chi connectivity index (χ1v) is 8.47. The molecule has 0 atom stereocenters. The largest absolute Gasteiger partial charge is 0.324 e. The molecular formula is C17H11BrFN3O5. The third-order valence-electron chi connectivity index (χ3n) is 3.94. The van der Waals surface area contributed by atoms with Crippen LogP contribution in [-0.2, 0) is 4.79 Å². The van der Waals surface area contributed by atoms with Crippen molar-refractivity contribution in [3.8, 4) is 0 Å². The third kappa shape index (κ3) is 3.56. The topological polar surface area (TPSA) is 110 Å². The van der Waals surface area contributed by atoms with Crippen molar-refractivity contribution in [2.45, 2.75) is 6.42 Å². The number of nitrogens with zero attached hydrogens (tertiary/aromatic N) is 2. The van der Waals surface area contributed by atoms with Crippen molar-refractivity contribution >= 4 is 45.0 Å². The molecule has 0 saturated heterocycles. The van der Waals surface area contributed by atoms with Crippen LogP contribution in [0.2, 0.25) is 0 Å². The predicted molar refractivity (Wildman–Crippen MR) is 95.8 cm³/mol. The maximum Gasteiger partial charge on any atom is 0.282 e. The van der Waals surface area contributed by atoms with Gasteiger partial charge in [-0.3, -0.25) is 29.4 Å². The van der Waals surface area contributed by atoms with Crippen LogP contribution in [0.25, 0.3) is 0 Å². The van der Waals surface area contributed by atoms with E-state index in [1.165, 1.54) is 24.3 Å². The summed E-state index contributed by atoms with van der Waals surface area (Å²) < 4.78 is 14.3. The van der Waals surface area contributed by atoms with Gasteiger partial charge in [0.2, 0.25) is 5.91 Å². The number of fused-ring (bicyclic) bond motifs is 1. The lowest BCUT2D eigenvalue weighted by Crippen LogP contribution is -2.33. The Morgan fingerprint density at radius 1 is 1.22 bits per heavy atom. The van der Waals surface area contributed by atoms with Crippen molar-refractivity contribution in [1.29, 1.82) is 0 Å². The maximum atomic E-state index is 13.7. The average Bonchev–Trinajstić information content (AvgIpc) is 2.86. The molecule has 0 fully saturated rings. The first kappa shape index (κ1) is 18.6. The summed E-state index contributed by atoms with van der Waals surface area (Å²) >= 11 is 3.10. The molecule has 1 aliphatic heterocycles. The number of amides is 3. The Labute approximate surface area is 160 Å². The minimum atomic E-state index is -0.829. The van der Waals surface area contributed by atoms with Gasteiger partial charge in [-0.25, -0.2) is 4.39 Å². The summed E-state index contributed by atoms with van der Waals surface area (Å²) in [6.07, 6.45) is -0.283. The second kappa shape index (κ2) is 7.23. The van der Waals surface area contributed by atoms with Gasteiger partial charge in [-0.2, -0.15) is 0 Å². The van der Waals surface area contributed by atoms with E-state index in [2.05, 4.69) is 21.2 Å². The van der Waals surface area contributed by atoms with E-state index in [4.69, 9.17) is 0 Å². The van der Waals surface area contributed by atoms with E-state index < -0.39 is 34.1 Å². The summed E-state index contributed by atoms with van der Waals surface area (Å²) in [4.78, 5) is 47.8. The summed E-state index contributed by atoms with van der Waals surface area (Å²) in [5.74, 6) is -2.79. The van der Waals surface area contributed by atoms with Crippen molar-refractivity contribution < 1.29 is 23.7 Å². The predicted octanol–water partition coefficient (Wildman–Crippen LogP) is 3.12. The van der Waals surface area contributed by atoms with Gasteiger partial charge in [0.15, 0.2) is 0 Å². The van der Waals surface area contributed by atoms with Crippen LogP contribution in [0.1, 0.15) is 27.1 Å². The molecule has 0 bridgehead atoms. The molecule has 0 unspecified atom stereocenters. The summed E-state index contributed by atoms with van der Waals surface area (Å²) in [5, 5.41) is 13.4. The minimum absolute atomic E-state index is 0.0406. The van der Waals surface area contributed by atoms with Gasteiger partial charge in [-0.05, 0) is 24.3 Å². The summed E-state index contributed by atoms with van der Waals surface area (Å²) in [6.45, 7) is -0.284. The lowest BCUT2D eigenvalue weighted by Gasteiger charge is -2.13. The van der Waals surface area contributed by atoms with Crippen LogP contribution in [0.3, 0.4) is 0 Å². The highest BCUT2D eigenvalue weighted by atomic mass is 79.9. The van der Waals surface area contributed by atoms with E-state index >= 15 is 0 Å². The molecule has 1 heterocycles. The molecule has 8 nitrogen and oxygen atoms in total. The van der Waals surface area contributed by atoms with Gasteiger partial charge in [-0.1, -0.05) is 22.0 Å². The van der Waals surface area contributed by atoms with Gasteiger partial charge < -0.3 is 5.32 Å². The molecule has 1 aliphatic rings. The van der Waals surface area contributed by atoms with Gasteiger partial charge in [0.05, 0.1) is 16.2 Å². The molecule has 0 saturated carbocycles. The van der Waals surface area contributed by atoms with Crippen LogP contribution in [0.5, 0.6) is 0 Å². The molecule has 0 spiro atoms. The fourth-order valence-corrected chi connectivity index (χ4v) is 3.02. The van der Waals surface area contributed by atoms with Crippen LogP contribution in [-0.4, -0.2) is 34.1 Å². The van der Waals surface area contributed by atoms with E-state index in [9.17, 15) is 28.9 Å². The highest BCUT2D eigenvalue weighted by molar-refractivity contribution is 9.10. The van der Waals surface area contributed by atoms with Crippen LogP contribution in [0, 0.1) is 15.9 Å². The Morgan fingerprint density at radius 2 is 1.96 bits per heavy atom. The van der Waals surface area contributed by atoms with Crippen LogP contribution in [0.4, 0.5) is 15.8 Å². The number of hydrogen-bond donors (Lipinski definition) is 1. The van der Waals surface area contributed by atoms with E-state index in [1.807, 2.05) is 0 Å². The highest BCUT2D eigenvalue weighted by Gasteiger charge is 2.40. The lowest BCUT2D eigenvalue weighted by molar-refractivity contribution is -0.385. The molecule has 0 aliphatic carbocycles. The Bertz CT molecular complexity index is 995. The number of nitro benzene ring substituents is 1. The standard InChI is InChI=1S/C17H11BrFN3O5/c18-9-4-5-12(11(19)8-9)20-14(23)6-7-21-16(24)10-2-1-3-13(22(26)27)15(10)17(21)25/h1-5,8H,6-7H2,(H,20,23). The maximum absolute atomic E-state index is 13.7. The Balaban J connectivity index is 1.71. The number of nitrogens with one attached hydrogen (secondary N) is 1. The molecule has 2 aromatic carbocycles. The molecule has 3 rings (SSSR count). The van der Waals surface area contributed by atoms with Crippen LogP contribution >= 0.6 is 15.9 Å². The molecule has 138 valence electrons. The fourth-order valence-electron chi connectivity index (χ4n) is 2.69. The highest BCUT2D eigenvalue weighted by Crippen LogP contribution is 2.30. The molecule has 3 amide bonds. The first-order valence-electron chi connectivity index (χ1n) is 7.68. The van der Waals surface area contributed by atoms with Crippen molar-refractivity contribution in [1.82, 2.24) is 4.90 Å². The number of halogens is 2. The summed E-state index contributed by atoms with van der Waals surface area (Å²) in [6, 6.07) is 7.86. The van der Waals surface area contributed by atoms with Gasteiger partial charge in [0.25, 0.3) is 17.5 Å². The molecule has 1 N–H and O–H groups in total. The number of anilines is 1. The summed E-state index contributed by atoms with van der Waals surface area (Å²) in [5.41, 5.74) is -0.864. The van der Waals surface area contributed by atoms with E-state index in [-0.39, 0.29) is 29.8 Å². The number of imide groups is 1. The zero-order valence-corrected chi connectivity index (χ0v) is 15.2. The third-order valence-corrected chi connectivity index (χ3v) is 4.43. The summed E-state index contributed by atoms with van der Waals surface area (Å²) in [7, 11) is 0. The molecule has 0 aromatic heterocycles. The zero-order valence-electron chi connectivity index (χ0n) is 13.6. The number of rotatable bonds is 5. The van der Waals surface area contributed by atoms with Gasteiger partial charge in [-0.15, -0.1) is 0 Å². The monoisotopic (exact) mass is 435 g/mol. The fraction of sp³-hybridized carbons (Fsp3) is 0.118. The average molecular weight is 436 g/mol. The molecule has 0 radical (unpaired) electrons. The molecular weight excluding hydrogens is 425 g/mol. The minimum Gasteiger partial charge on any atom is -0.324 e. The SMILES string of the molecule is O=C(CCN1C(=O)c2cccc([N+](=O)[O-])c2C1=O)Nc1ccc(Br)cc1F. The van der Waals surface area contributed by atoms with Crippen molar-refractivity contribution in [3.63, 3.8) is 0 Å². The van der Waals surface area contributed by atoms with Gasteiger partial charge >= 0.3 is 0 Å². The number of nitro groups is 1.